The summed E-state index contributed by atoms with van der Waals surface area (Å²) in [5.41, 5.74) is 1.32. The van der Waals surface area contributed by atoms with E-state index in [0.717, 1.165) is 11.6 Å². The average Bonchev–Trinajstić information content (AvgIpc) is 2.51. The number of halogens is 2. The summed E-state index contributed by atoms with van der Waals surface area (Å²) in [6.45, 7) is 0. The Bertz CT molecular complexity index is 1010. The molecule has 0 radical (unpaired) electrons. The maximum Gasteiger partial charge on any atom is 0.262 e. The number of fused-ring (bicyclic) bond motifs is 1. The molecule has 10 heteroatoms. The topological polar surface area (TPSA) is 92.3 Å². The molecule has 1 aliphatic rings. The van der Waals surface area contributed by atoms with E-state index in [1.54, 1.807) is 0 Å². The summed E-state index contributed by atoms with van der Waals surface area (Å²) in [6, 6.07) is 11.9. The van der Waals surface area contributed by atoms with E-state index in [2.05, 4.69) is 10.0 Å². The van der Waals surface area contributed by atoms with Gasteiger partial charge in [0.2, 0.25) is 10.0 Å². The largest absolute Gasteiger partial charge is 0.368 e. The highest BCUT2D eigenvalue weighted by atomic mass is 35.7. The third-order valence-electron chi connectivity index (χ3n) is 3.78. The molecule has 2 aromatic rings. The van der Waals surface area contributed by atoms with Crippen LogP contribution in [0.3, 0.4) is 0 Å². The maximum absolute atomic E-state index is 12.5. The molecule has 0 bridgehead atoms. The van der Waals surface area contributed by atoms with Gasteiger partial charge >= 0.3 is 0 Å². The predicted octanol–water partition coefficient (Wildman–Crippen LogP) is 2.93. The van der Waals surface area contributed by atoms with Crippen molar-refractivity contribution in [2.75, 3.05) is 5.32 Å². The van der Waals surface area contributed by atoms with E-state index in [1.165, 1.54) is 6.07 Å². The molecular formula is C15H14Cl2N2O4S2. The van der Waals surface area contributed by atoms with E-state index >= 15 is 0 Å². The molecule has 1 heterocycles. The van der Waals surface area contributed by atoms with E-state index in [-0.39, 0.29) is 15.6 Å². The molecule has 1 unspecified atom stereocenters. The van der Waals surface area contributed by atoms with Crippen LogP contribution in [0.25, 0.3) is 0 Å². The number of hydrogen-bond acceptors (Lipinski definition) is 5. The fraction of sp³-hybridized carbons (Fsp3) is 0.200. The molecule has 2 aromatic carbocycles. The number of anilines is 1. The molecule has 0 aliphatic carbocycles. The molecule has 0 amide bonds. The number of hydrogen-bond donors (Lipinski definition) is 2. The van der Waals surface area contributed by atoms with Gasteiger partial charge in [0, 0.05) is 10.7 Å². The number of aryl methyl sites for hydroxylation is 1. The Balaban J connectivity index is 1.89. The van der Waals surface area contributed by atoms with E-state index in [9.17, 15) is 16.8 Å². The SMILES string of the molecule is O=S(=O)(Cl)c1cc2c(cc1Cl)NC(CCc1ccccc1)NS2(=O)=O. The summed E-state index contributed by atoms with van der Waals surface area (Å²) in [5.74, 6) is 0. The van der Waals surface area contributed by atoms with Crippen LogP contribution >= 0.6 is 22.3 Å². The standard InChI is InChI=1S/C15H14Cl2N2O4S2/c16-11-8-12-14(9-13(11)24(17,20)21)25(22,23)19-15(18-12)7-6-10-4-2-1-3-5-10/h1-5,8-9,15,18-19H,6-7H2. The van der Waals surface area contributed by atoms with Crippen molar-refractivity contribution in [2.24, 2.45) is 0 Å². The molecule has 0 aromatic heterocycles. The molecule has 134 valence electrons. The maximum atomic E-state index is 12.5. The van der Waals surface area contributed by atoms with Crippen LogP contribution in [0.2, 0.25) is 5.02 Å². The Labute approximate surface area is 155 Å². The van der Waals surface area contributed by atoms with Crippen LogP contribution in [-0.4, -0.2) is 23.0 Å². The van der Waals surface area contributed by atoms with Crippen molar-refractivity contribution in [1.82, 2.24) is 4.72 Å². The fourth-order valence-corrected chi connectivity index (χ4v) is 5.57. The van der Waals surface area contributed by atoms with Crippen molar-refractivity contribution in [2.45, 2.75) is 28.8 Å². The summed E-state index contributed by atoms with van der Waals surface area (Å²) in [4.78, 5) is -0.642. The minimum Gasteiger partial charge on any atom is -0.368 e. The van der Waals surface area contributed by atoms with Gasteiger partial charge in [-0.05, 0) is 30.5 Å². The van der Waals surface area contributed by atoms with E-state index in [1.807, 2.05) is 30.3 Å². The Morgan fingerprint density at radius 2 is 1.80 bits per heavy atom. The van der Waals surface area contributed by atoms with Crippen molar-refractivity contribution in [3.05, 3.63) is 53.1 Å². The molecule has 0 spiro atoms. The first kappa shape index (κ1) is 18.5. The van der Waals surface area contributed by atoms with Gasteiger partial charge < -0.3 is 5.32 Å². The zero-order valence-electron chi connectivity index (χ0n) is 12.7. The van der Waals surface area contributed by atoms with Crippen LogP contribution in [0.15, 0.2) is 52.3 Å². The number of sulfonamides is 1. The van der Waals surface area contributed by atoms with Gasteiger partial charge in [-0.15, -0.1) is 0 Å². The highest BCUT2D eigenvalue weighted by Gasteiger charge is 2.31. The van der Waals surface area contributed by atoms with Gasteiger partial charge in [0.15, 0.2) is 0 Å². The highest BCUT2D eigenvalue weighted by molar-refractivity contribution is 8.13. The molecule has 2 N–H and O–H groups in total. The quantitative estimate of drug-likeness (QED) is 0.741. The van der Waals surface area contributed by atoms with Crippen LogP contribution in [0.5, 0.6) is 0 Å². The van der Waals surface area contributed by atoms with Crippen LogP contribution in [0.4, 0.5) is 5.69 Å². The lowest BCUT2D eigenvalue weighted by molar-refractivity contribution is 0.542. The molecular weight excluding hydrogens is 407 g/mol. The second kappa shape index (κ2) is 6.77. The highest BCUT2D eigenvalue weighted by Crippen LogP contribution is 2.35. The minimum absolute atomic E-state index is 0.139. The van der Waals surface area contributed by atoms with Crippen LogP contribution in [-0.2, 0) is 25.5 Å². The van der Waals surface area contributed by atoms with Gasteiger partial charge in [-0.25, -0.2) is 16.8 Å². The van der Waals surface area contributed by atoms with Gasteiger partial charge in [0.05, 0.1) is 16.9 Å². The lowest BCUT2D eigenvalue weighted by Gasteiger charge is -2.28. The Kier molecular flexibility index (Phi) is 5.00. The molecule has 0 saturated carbocycles. The summed E-state index contributed by atoms with van der Waals surface area (Å²) in [6.07, 6.45) is 0.640. The van der Waals surface area contributed by atoms with Crippen molar-refractivity contribution in [3.63, 3.8) is 0 Å². The summed E-state index contributed by atoms with van der Waals surface area (Å²) >= 11 is 5.94. The lowest BCUT2D eigenvalue weighted by Crippen LogP contribution is -2.45. The summed E-state index contributed by atoms with van der Waals surface area (Å²) in [5, 5.41) is 2.89. The first-order chi connectivity index (χ1) is 11.7. The van der Waals surface area contributed by atoms with Crippen molar-refractivity contribution >= 4 is 47.0 Å². The first-order valence-electron chi connectivity index (χ1n) is 7.28. The Morgan fingerprint density at radius 1 is 1.12 bits per heavy atom. The van der Waals surface area contributed by atoms with E-state index in [0.29, 0.717) is 12.8 Å². The van der Waals surface area contributed by atoms with Crippen molar-refractivity contribution < 1.29 is 16.8 Å². The van der Waals surface area contributed by atoms with Crippen molar-refractivity contribution in [3.8, 4) is 0 Å². The van der Waals surface area contributed by atoms with Gasteiger partial charge in [-0.1, -0.05) is 41.9 Å². The van der Waals surface area contributed by atoms with Gasteiger partial charge in [0.25, 0.3) is 9.05 Å². The molecule has 6 nitrogen and oxygen atoms in total. The number of benzene rings is 2. The predicted molar refractivity (Wildman–Crippen MR) is 97.0 cm³/mol. The zero-order valence-corrected chi connectivity index (χ0v) is 15.9. The number of nitrogens with one attached hydrogen (secondary N) is 2. The van der Waals surface area contributed by atoms with Crippen molar-refractivity contribution in [1.29, 1.82) is 0 Å². The smallest absolute Gasteiger partial charge is 0.262 e. The Hall–Kier alpha value is -1.32. The Morgan fingerprint density at radius 3 is 2.44 bits per heavy atom. The molecule has 1 atom stereocenters. The normalized spacial score (nSPS) is 19.0. The molecule has 0 saturated heterocycles. The second-order valence-electron chi connectivity index (χ2n) is 5.56. The second-order valence-corrected chi connectivity index (χ2v) is 10.2. The minimum atomic E-state index is -4.16. The van der Waals surface area contributed by atoms with E-state index in [4.69, 9.17) is 22.3 Å². The third-order valence-corrected chi connectivity index (χ3v) is 7.08. The third kappa shape index (κ3) is 4.09. The van der Waals surface area contributed by atoms with Gasteiger partial charge in [-0.2, -0.15) is 4.72 Å². The monoisotopic (exact) mass is 420 g/mol. The van der Waals surface area contributed by atoms with Gasteiger partial charge in [-0.3, -0.25) is 0 Å². The lowest BCUT2D eigenvalue weighted by atomic mass is 10.1. The first-order valence-corrected chi connectivity index (χ1v) is 11.4. The van der Waals surface area contributed by atoms with E-state index < -0.39 is 30.1 Å². The summed E-state index contributed by atoms with van der Waals surface area (Å²) in [7, 11) is -2.75. The van der Waals surface area contributed by atoms with Crippen LogP contribution < -0.4 is 10.0 Å². The molecule has 25 heavy (non-hydrogen) atoms. The van der Waals surface area contributed by atoms with Crippen LogP contribution in [0, 0.1) is 0 Å². The fourth-order valence-electron chi connectivity index (χ4n) is 2.61. The summed E-state index contributed by atoms with van der Waals surface area (Å²) < 4.78 is 50.4. The molecule has 1 aliphatic heterocycles. The van der Waals surface area contributed by atoms with Crippen LogP contribution in [0.1, 0.15) is 12.0 Å². The zero-order chi connectivity index (χ0) is 18.2. The van der Waals surface area contributed by atoms with Gasteiger partial charge in [0.1, 0.15) is 9.79 Å². The number of rotatable bonds is 4. The average molecular weight is 421 g/mol. The molecule has 3 rings (SSSR count). The molecule has 0 fully saturated rings.